The van der Waals surface area contributed by atoms with E-state index in [4.69, 9.17) is 11.6 Å². The maximum Gasteiger partial charge on any atom is 0.186 e. The van der Waals surface area contributed by atoms with E-state index in [1.54, 1.807) is 11.3 Å². The van der Waals surface area contributed by atoms with Gasteiger partial charge in [-0.3, -0.25) is 0 Å². The van der Waals surface area contributed by atoms with E-state index in [9.17, 15) is 0 Å². The number of alkyl halides is 1. The van der Waals surface area contributed by atoms with Crippen molar-refractivity contribution in [1.29, 1.82) is 0 Å². The first kappa shape index (κ1) is 11.5. The lowest BCUT2D eigenvalue weighted by Gasteiger charge is -2.33. The Labute approximate surface area is 114 Å². The van der Waals surface area contributed by atoms with Crippen molar-refractivity contribution < 1.29 is 0 Å². The Morgan fingerprint density at radius 2 is 2.41 bits per heavy atom. The van der Waals surface area contributed by atoms with Crippen LogP contribution in [0.15, 0.2) is 16.8 Å². The van der Waals surface area contributed by atoms with Crippen molar-refractivity contribution in [2.45, 2.75) is 25.3 Å². The van der Waals surface area contributed by atoms with E-state index in [-0.39, 0.29) is 0 Å². The van der Waals surface area contributed by atoms with Gasteiger partial charge in [0.05, 0.1) is 17.6 Å². The van der Waals surface area contributed by atoms with E-state index in [1.807, 2.05) is 11.3 Å². The summed E-state index contributed by atoms with van der Waals surface area (Å²) in [6, 6.07) is 2.67. The predicted octanol–water partition coefficient (Wildman–Crippen LogP) is 4.07. The van der Waals surface area contributed by atoms with Gasteiger partial charge in [-0.25, -0.2) is 4.98 Å². The molecule has 17 heavy (non-hydrogen) atoms. The van der Waals surface area contributed by atoms with Crippen molar-refractivity contribution in [2.75, 3.05) is 11.4 Å². The molecule has 2 nitrogen and oxygen atoms in total. The Morgan fingerprint density at radius 3 is 3.18 bits per heavy atom. The number of fused-ring (bicyclic) bond motifs is 1. The van der Waals surface area contributed by atoms with Gasteiger partial charge in [0.25, 0.3) is 0 Å². The minimum absolute atomic E-state index is 0.430. The smallest absolute Gasteiger partial charge is 0.186 e. The van der Waals surface area contributed by atoms with Gasteiger partial charge >= 0.3 is 0 Å². The zero-order valence-electron chi connectivity index (χ0n) is 9.52. The molecule has 5 heteroatoms. The van der Waals surface area contributed by atoms with Crippen LogP contribution in [0.25, 0.3) is 0 Å². The highest BCUT2D eigenvalue weighted by molar-refractivity contribution is 7.13. The predicted molar refractivity (Wildman–Crippen MR) is 75.5 cm³/mol. The molecule has 0 N–H and O–H groups in total. The molecule has 0 bridgehead atoms. The molecular formula is C12H13ClN2S2. The maximum absolute atomic E-state index is 5.81. The summed E-state index contributed by atoms with van der Waals surface area (Å²) in [7, 11) is 0. The molecule has 2 aromatic heterocycles. The zero-order valence-corrected chi connectivity index (χ0v) is 11.9. The highest BCUT2D eigenvalue weighted by Gasteiger charge is 2.26. The highest BCUT2D eigenvalue weighted by atomic mass is 35.5. The molecule has 90 valence electrons. The van der Waals surface area contributed by atoms with Crippen molar-refractivity contribution in [3.05, 3.63) is 33.0 Å². The van der Waals surface area contributed by atoms with E-state index in [2.05, 4.69) is 33.6 Å². The second-order valence-electron chi connectivity index (χ2n) is 4.17. The molecule has 0 saturated carbocycles. The van der Waals surface area contributed by atoms with Crippen LogP contribution in [-0.2, 0) is 12.3 Å². The molecule has 2 aromatic rings. The van der Waals surface area contributed by atoms with Gasteiger partial charge in [0.2, 0.25) is 0 Å². The summed E-state index contributed by atoms with van der Waals surface area (Å²) in [6.45, 7) is 3.32. The molecule has 3 rings (SSSR count). The van der Waals surface area contributed by atoms with Gasteiger partial charge in [-0.15, -0.1) is 34.3 Å². The van der Waals surface area contributed by atoms with Crippen LogP contribution in [-0.4, -0.2) is 11.5 Å². The second-order valence-corrected chi connectivity index (χ2v) is 6.28. The normalized spacial score (nSPS) is 19.4. The van der Waals surface area contributed by atoms with Crippen LogP contribution in [0.1, 0.15) is 29.1 Å². The third-order valence-electron chi connectivity index (χ3n) is 3.20. The van der Waals surface area contributed by atoms with Crippen LogP contribution in [0.2, 0.25) is 0 Å². The lowest BCUT2D eigenvalue weighted by Crippen LogP contribution is -2.32. The Balaban J connectivity index is 1.91. The first-order chi connectivity index (χ1) is 8.29. The number of anilines is 1. The largest absolute Gasteiger partial charge is 0.341 e. The zero-order chi connectivity index (χ0) is 11.8. The lowest BCUT2D eigenvalue weighted by molar-refractivity contribution is 0.630. The standard InChI is InChI=1S/C12H13ClN2S2/c1-8-10-3-5-16-11(10)2-4-15(8)12-14-9(6-13)7-17-12/h3,5,7-8H,2,4,6H2,1H3. The van der Waals surface area contributed by atoms with E-state index in [1.165, 1.54) is 10.4 Å². The first-order valence-electron chi connectivity index (χ1n) is 5.63. The quantitative estimate of drug-likeness (QED) is 0.773. The Hall–Kier alpha value is -0.580. The summed E-state index contributed by atoms with van der Waals surface area (Å²) < 4.78 is 0. The summed E-state index contributed by atoms with van der Waals surface area (Å²) in [6.07, 6.45) is 1.13. The maximum atomic E-state index is 5.81. The minimum atomic E-state index is 0.430. The second kappa shape index (κ2) is 4.59. The molecule has 3 heterocycles. The number of thiazole rings is 1. The van der Waals surface area contributed by atoms with Gasteiger partial charge in [-0.1, -0.05) is 0 Å². The van der Waals surface area contributed by atoms with Crippen molar-refractivity contribution in [3.8, 4) is 0 Å². The molecule has 1 aliphatic rings. The summed E-state index contributed by atoms with van der Waals surface area (Å²) in [5.41, 5.74) is 2.44. The number of rotatable bonds is 2. The van der Waals surface area contributed by atoms with E-state index in [0.29, 0.717) is 11.9 Å². The van der Waals surface area contributed by atoms with Crippen LogP contribution >= 0.6 is 34.3 Å². The summed E-state index contributed by atoms with van der Waals surface area (Å²) in [5.74, 6) is 0.502. The van der Waals surface area contributed by atoms with Crippen molar-refractivity contribution in [2.24, 2.45) is 0 Å². The molecule has 0 spiro atoms. The molecule has 1 atom stereocenters. The lowest BCUT2D eigenvalue weighted by atomic mass is 10.0. The highest BCUT2D eigenvalue weighted by Crippen LogP contribution is 2.37. The molecule has 1 unspecified atom stereocenters. The molecular weight excluding hydrogens is 272 g/mol. The van der Waals surface area contributed by atoms with Crippen molar-refractivity contribution >= 4 is 39.4 Å². The molecule has 0 aromatic carbocycles. The fourth-order valence-electron chi connectivity index (χ4n) is 2.26. The monoisotopic (exact) mass is 284 g/mol. The summed E-state index contributed by atoms with van der Waals surface area (Å²) in [5, 5.41) is 5.35. The topological polar surface area (TPSA) is 16.1 Å². The average Bonchev–Trinajstić information content (AvgIpc) is 2.97. The summed E-state index contributed by atoms with van der Waals surface area (Å²) in [4.78, 5) is 8.49. The Kier molecular flexibility index (Phi) is 3.11. The van der Waals surface area contributed by atoms with Gasteiger partial charge in [-0.05, 0) is 30.4 Å². The summed E-state index contributed by atoms with van der Waals surface area (Å²) >= 11 is 9.37. The minimum Gasteiger partial charge on any atom is -0.341 e. The number of thiophene rings is 1. The fraction of sp³-hybridized carbons (Fsp3) is 0.417. The Morgan fingerprint density at radius 1 is 1.53 bits per heavy atom. The molecule has 0 amide bonds. The van der Waals surface area contributed by atoms with Crippen LogP contribution in [0, 0.1) is 0 Å². The third kappa shape index (κ3) is 1.98. The Bertz CT molecular complexity index is 520. The molecule has 0 radical (unpaired) electrons. The SMILES string of the molecule is CC1c2ccsc2CCN1c1nc(CCl)cs1. The van der Waals surface area contributed by atoms with Gasteiger partial charge in [0, 0.05) is 16.8 Å². The molecule has 0 fully saturated rings. The first-order valence-corrected chi connectivity index (χ1v) is 7.92. The third-order valence-corrected chi connectivity index (χ3v) is 5.40. The number of halogens is 1. The van der Waals surface area contributed by atoms with Gasteiger partial charge < -0.3 is 4.90 Å². The van der Waals surface area contributed by atoms with Gasteiger partial charge in [0.15, 0.2) is 5.13 Å². The number of aromatic nitrogens is 1. The molecule has 1 aliphatic heterocycles. The van der Waals surface area contributed by atoms with Gasteiger partial charge in [0.1, 0.15) is 0 Å². The molecule has 0 aliphatic carbocycles. The molecule has 0 saturated heterocycles. The number of hydrogen-bond acceptors (Lipinski definition) is 4. The van der Waals surface area contributed by atoms with E-state index >= 15 is 0 Å². The van der Waals surface area contributed by atoms with Crippen LogP contribution < -0.4 is 4.90 Å². The fourth-order valence-corrected chi connectivity index (χ4v) is 4.38. The van der Waals surface area contributed by atoms with Crippen LogP contribution in [0.5, 0.6) is 0 Å². The number of hydrogen-bond donors (Lipinski definition) is 0. The average molecular weight is 285 g/mol. The van der Waals surface area contributed by atoms with Crippen LogP contribution in [0.3, 0.4) is 0 Å². The van der Waals surface area contributed by atoms with Crippen molar-refractivity contribution in [3.63, 3.8) is 0 Å². The van der Waals surface area contributed by atoms with E-state index in [0.717, 1.165) is 23.8 Å². The van der Waals surface area contributed by atoms with Crippen LogP contribution in [0.4, 0.5) is 5.13 Å². The van der Waals surface area contributed by atoms with Crippen molar-refractivity contribution in [1.82, 2.24) is 4.98 Å². The van der Waals surface area contributed by atoms with E-state index < -0.39 is 0 Å². The van der Waals surface area contributed by atoms with Gasteiger partial charge in [-0.2, -0.15) is 0 Å². The number of nitrogens with zero attached hydrogens (tertiary/aromatic N) is 2.